The molecule has 5 heteroatoms. The average molecular weight is 333 g/mol. The number of hydrogen-bond acceptors (Lipinski definition) is 3. The molecule has 1 atom stereocenters. The summed E-state index contributed by atoms with van der Waals surface area (Å²) in [6.45, 7) is 2.03. The number of amides is 1. The van der Waals surface area contributed by atoms with Gasteiger partial charge in [-0.05, 0) is 42.2 Å². The van der Waals surface area contributed by atoms with Gasteiger partial charge in [0.05, 0.1) is 5.52 Å². The molecule has 25 heavy (non-hydrogen) atoms. The van der Waals surface area contributed by atoms with Gasteiger partial charge >= 0.3 is 0 Å². The van der Waals surface area contributed by atoms with Crippen LogP contribution in [-0.4, -0.2) is 16.1 Å². The van der Waals surface area contributed by atoms with E-state index in [2.05, 4.69) is 22.3 Å². The molecule has 0 spiro atoms. The van der Waals surface area contributed by atoms with Gasteiger partial charge in [0.1, 0.15) is 11.3 Å². The number of para-hydroxylation sites is 1. The van der Waals surface area contributed by atoms with Crippen molar-refractivity contribution in [2.75, 3.05) is 0 Å². The molecule has 0 aliphatic carbocycles. The molecular weight excluding hydrogens is 314 g/mol. The topological polar surface area (TPSA) is 84.9 Å². The lowest BCUT2D eigenvalue weighted by molar-refractivity contribution is -0.118. The number of carbonyl (C=O) groups excluding carboxylic acids is 1. The number of hydrogen-bond donors (Lipinski definition) is 2. The first-order valence-electron chi connectivity index (χ1n) is 8.34. The van der Waals surface area contributed by atoms with E-state index in [1.54, 1.807) is 0 Å². The highest BCUT2D eigenvalue weighted by molar-refractivity contribution is 5.94. The van der Waals surface area contributed by atoms with Crippen molar-refractivity contribution in [1.82, 2.24) is 10.2 Å². The summed E-state index contributed by atoms with van der Waals surface area (Å²) in [5.41, 5.74) is 9.05. The van der Waals surface area contributed by atoms with E-state index in [9.17, 15) is 4.79 Å². The standard InChI is InChI=1S/C20H19N3O2/c1-12(9-19(21)24)8-13-6-7-16-15(10-13)20(23-22-16)18-11-14-4-2-3-5-17(14)25-18/h2-7,10-12H,8-9H2,1H3,(H2,21,24)(H,22,23). The van der Waals surface area contributed by atoms with E-state index in [0.717, 1.165) is 45.3 Å². The summed E-state index contributed by atoms with van der Waals surface area (Å²) in [6, 6.07) is 16.1. The minimum atomic E-state index is -0.264. The second-order valence-corrected chi connectivity index (χ2v) is 6.58. The SMILES string of the molecule is CC(CC(N)=O)Cc1ccc2[nH]nc(-c3cc4ccccc4o3)c2c1. The van der Waals surface area contributed by atoms with Crippen molar-refractivity contribution >= 4 is 27.8 Å². The van der Waals surface area contributed by atoms with Gasteiger partial charge in [0.15, 0.2) is 5.76 Å². The second kappa shape index (κ2) is 6.09. The zero-order chi connectivity index (χ0) is 17.4. The molecule has 2 aromatic carbocycles. The summed E-state index contributed by atoms with van der Waals surface area (Å²) in [6.07, 6.45) is 1.18. The predicted molar refractivity (Wildman–Crippen MR) is 98.0 cm³/mol. The molecule has 1 amide bonds. The summed E-state index contributed by atoms with van der Waals surface area (Å²) in [4.78, 5) is 11.1. The van der Waals surface area contributed by atoms with E-state index in [-0.39, 0.29) is 11.8 Å². The highest BCUT2D eigenvalue weighted by Crippen LogP contribution is 2.32. The van der Waals surface area contributed by atoms with Crippen LogP contribution in [0.15, 0.2) is 52.9 Å². The lowest BCUT2D eigenvalue weighted by Gasteiger charge is -2.09. The lowest BCUT2D eigenvalue weighted by Crippen LogP contribution is -2.15. The van der Waals surface area contributed by atoms with Crippen LogP contribution in [0.4, 0.5) is 0 Å². The molecule has 5 nitrogen and oxygen atoms in total. The number of carbonyl (C=O) groups is 1. The van der Waals surface area contributed by atoms with Crippen LogP contribution in [0.25, 0.3) is 33.3 Å². The van der Waals surface area contributed by atoms with Crippen molar-refractivity contribution in [3.05, 3.63) is 54.1 Å². The number of primary amides is 1. The van der Waals surface area contributed by atoms with Crippen molar-refractivity contribution in [1.29, 1.82) is 0 Å². The number of rotatable bonds is 5. The number of benzene rings is 2. The Balaban J connectivity index is 1.72. The molecule has 0 radical (unpaired) electrons. The summed E-state index contributed by atoms with van der Waals surface area (Å²) >= 11 is 0. The Hall–Kier alpha value is -3.08. The van der Waals surface area contributed by atoms with Crippen molar-refractivity contribution < 1.29 is 9.21 Å². The van der Waals surface area contributed by atoms with Crippen LogP contribution in [0.1, 0.15) is 18.9 Å². The third-order valence-corrected chi connectivity index (χ3v) is 4.42. The number of aromatic nitrogens is 2. The number of furan rings is 1. The maximum atomic E-state index is 11.1. The van der Waals surface area contributed by atoms with Crippen molar-refractivity contribution in [2.45, 2.75) is 19.8 Å². The number of nitrogens with zero attached hydrogens (tertiary/aromatic N) is 1. The maximum Gasteiger partial charge on any atom is 0.217 e. The Morgan fingerprint density at radius 1 is 1.24 bits per heavy atom. The Morgan fingerprint density at radius 2 is 2.08 bits per heavy atom. The van der Waals surface area contributed by atoms with Gasteiger partial charge < -0.3 is 10.2 Å². The van der Waals surface area contributed by atoms with E-state index in [1.807, 2.05) is 43.3 Å². The number of aromatic amines is 1. The third kappa shape index (κ3) is 3.01. The lowest BCUT2D eigenvalue weighted by atomic mass is 9.96. The Kier molecular flexibility index (Phi) is 3.76. The first kappa shape index (κ1) is 15.4. The van der Waals surface area contributed by atoms with Crippen LogP contribution in [0.3, 0.4) is 0 Å². The minimum absolute atomic E-state index is 0.205. The fourth-order valence-electron chi connectivity index (χ4n) is 3.29. The second-order valence-electron chi connectivity index (χ2n) is 6.58. The number of H-pyrrole nitrogens is 1. The normalized spacial score (nSPS) is 12.7. The average Bonchev–Trinajstić information content (AvgIpc) is 3.16. The van der Waals surface area contributed by atoms with E-state index >= 15 is 0 Å². The van der Waals surface area contributed by atoms with Crippen LogP contribution in [0.2, 0.25) is 0 Å². The maximum absolute atomic E-state index is 11.1. The van der Waals surface area contributed by atoms with Crippen LogP contribution >= 0.6 is 0 Å². The largest absolute Gasteiger partial charge is 0.454 e. The molecule has 0 aliphatic heterocycles. The molecule has 3 N–H and O–H groups in total. The molecule has 2 heterocycles. The van der Waals surface area contributed by atoms with Gasteiger partial charge in [0.2, 0.25) is 5.91 Å². The van der Waals surface area contributed by atoms with E-state index in [1.165, 1.54) is 0 Å². The van der Waals surface area contributed by atoms with Crippen molar-refractivity contribution in [3.8, 4) is 11.5 Å². The fourth-order valence-corrected chi connectivity index (χ4v) is 3.29. The van der Waals surface area contributed by atoms with Gasteiger partial charge in [0, 0.05) is 17.2 Å². The smallest absolute Gasteiger partial charge is 0.217 e. The molecule has 1 unspecified atom stereocenters. The summed E-state index contributed by atoms with van der Waals surface area (Å²) in [7, 11) is 0. The molecule has 4 rings (SSSR count). The predicted octanol–water partition coefficient (Wildman–Crippen LogP) is 4.03. The van der Waals surface area contributed by atoms with Crippen LogP contribution in [0, 0.1) is 5.92 Å². The third-order valence-electron chi connectivity index (χ3n) is 4.42. The minimum Gasteiger partial charge on any atom is -0.454 e. The van der Waals surface area contributed by atoms with E-state index in [4.69, 9.17) is 10.2 Å². The van der Waals surface area contributed by atoms with Gasteiger partial charge in [-0.1, -0.05) is 31.2 Å². The Morgan fingerprint density at radius 3 is 2.88 bits per heavy atom. The molecule has 2 aromatic heterocycles. The van der Waals surface area contributed by atoms with Crippen LogP contribution in [0.5, 0.6) is 0 Å². The van der Waals surface area contributed by atoms with Crippen LogP contribution < -0.4 is 5.73 Å². The summed E-state index contributed by atoms with van der Waals surface area (Å²) < 4.78 is 5.95. The van der Waals surface area contributed by atoms with E-state index in [0.29, 0.717) is 6.42 Å². The molecule has 4 aromatic rings. The van der Waals surface area contributed by atoms with Crippen molar-refractivity contribution in [2.24, 2.45) is 11.7 Å². The Labute approximate surface area is 144 Å². The molecular formula is C20H19N3O2. The van der Waals surface area contributed by atoms with Gasteiger partial charge in [-0.2, -0.15) is 5.10 Å². The molecule has 0 aliphatic rings. The first-order chi connectivity index (χ1) is 12.1. The van der Waals surface area contributed by atoms with Crippen molar-refractivity contribution in [3.63, 3.8) is 0 Å². The highest BCUT2D eigenvalue weighted by atomic mass is 16.3. The zero-order valence-electron chi connectivity index (χ0n) is 14.0. The van der Waals surface area contributed by atoms with Crippen LogP contribution in [-0.2, 0) is 11.2 Å². The monoisotopic (exact) mass is 333 g/mol. The molecule has 0 bridgehead atoms. The number of nitrogens with two attached hydrogens (primary N) is 1. The highest BCUT2D eigenvalue weighted by Gasteiger charge is 2.14. The fraction of sp³-hybridized carbons (Fsp3) is 0.200. The molecule has 0 saturated carbocycles. The van der Waals surface area contributed by atoms with Gasteiger partial charge in [-0.3, -0.25) is 9.89 Å². The summed E-state index contributed by atoms with van der Waals surface area (Å²) in [5.74, 6) is 0.686. The van der Waals surface area contributed by atoms with E-state index < -0.39 is 0 Å². The van der Waals surface area contributed by atoms with Gasteiger partial charge in [-0.15, -0.1) is 0 Å². The molecule has 126 valence electrons. The zero-order valence-corrected chi connectivity index (χ0v) is 14.0. The molecule has 0 fully saturated rings. The quantitative estimate of drug-likeness (QED) is 0.578. The molecule has 0 saturated heterocycles. The first-order valence-corrected chi connectivity index (χ1v) is 8.34. The van der Waals surface area contributed by atoms with Gasteiger partial charge in [-0.25, -0.2) is 0 Å². The number of nitrogens with one attached hydrogen (secondary N) is 1. The van der Waals surface area contributed by atoms with Gasteiger partial charge in [0.25, 0.3) is 0 Å². The summed E-state index contributed by atoms with van der Waals surface area (Å²) in [5, 5.41) is 9.57. The number of fused-ring (bicyclic) bond motifs is 2. The Bertz CT molecular complexity index is 1030.